The number of carbonyl (C=O) groups excluding carboxylic acids is 1. The van der Waals surface area contributed by atoms with Crippen LogP contribution in [0.15, 0.2) is 54.7 Å². The summed E-state index contributed by atoms with van der Waals surface area (Å²) >= 11 is 0. The van der Waals surface area contributed by atoms with Crippen LogP contribution in [0.3, 0.4) is 0 Å². The third-order valence-corrected chi connectivity index (χ3v) is 5.60. The summed E-state index contributed by atoms with van der Waals surface area (Å²) in [5.74, 6) is -0.277. The Balaban J connectivity index is 1.47. The maximum Gasteiger partial charge on any atom is 0.241 e. The number of aromatic amines is 1. The second kappa shape index (κ2) is 8.98. The van der Waals surface area contributed by atoms with Crippen molar-refractivity contribution in [3.05, 3.63) is 71.7 Å². The molecule has 0 bridgehead atoms. The van der Waals surface area contributed by atoms with Gasteiger partial charge in [0.1, 0.15) is 11.9 Å². The van der Waals surface area contributed by atoms with Crippen molar-refractivity contribution in [3.8, 4) is 0 Å². The summed E-state index contributed by atoms with van der Waals surface area (Å²) in [4.78, 5) is 18.6. The molecule has 3 atom stereocenters. The van der Waals surface area contributed by atoms with E-state index in [9.17, 15) is 9.18 Å². The lowest BCUT2D eigenvalue weighted by Crippen LogP contribution is -2.51. The zero-order chi connectivity index (χ0) is 21.1. The van der Waals surface area contributed by atoms with E-state index >= 15 is 0 Å². The highest BCUT2D eigenvalue weighted by molar-refractivity contribution is 5.84. The largest absolute Gasteiger partial charge is 0.373 e. The quantitative estimate of drug-likeness (QED) is 0.651. The summed E-state index contributed by atoms with van der Waals surface area (Å²) in [7, 11) is 0. The molecular formula is C24H28FN3O2. The minimum Gasteiger partial charge on any atom is -0.373 e. The van der Waals surface area contributed by atoms with Gasteiger partial charge in [0, 0.05) is 36.7 Å². The monoisotopic (exact) mass is 409 g/mol. The van der Waals surface area contributed by atoms with Crippen LogP contribution in [0.2, 0.25) is 0 Å². The number of rotatable bonds is 6. The maximum atomic E-state index is 13.6. The molecule has 1 aliphatic rings. The first kappa shape index (κ1) is 20.6. The van der Waals surface area contributed by atoms with Crippen LogP contribution in [0.5, 0.6) is 0 Å². The molecule has 0 spiro atoms. The number of hydrogen-bond acceptors (Lipinski definition) is 3. The highest BCUT2D eigenvalue weighted by Crippen LogP contribution is 2.25. The van der Waals surface area contributed by atoms with Crippen molar-refractivity contribution in [2.24, 2.45) is 0 Å². The first-order valence-corrected chi connectivity index (χ1v) is 10.5. The minimum atomic E-state index is -0.361. The van der Waals surface area contributed by atoms with E-state index in [1.54, 1.807) is 6.07 Å². The standard InChI is InChI=1S/C24H28FN3O2/c1-16-14-28(15-17(2)30-16)23(18-6-4-3-5-7-18)24(29)26-11-10-19-13-27-22-9-8-20(25)12-21(19)22/h3-9,12-13,16-17,23,27H,10-11,14-15H2,1-2H3,(H,26,29). The third kappa shape index (κ3) is 4.55. The lowest BCUT2D eigenvalue weighted by Gasteiger charge is -2.39. The Bertz CT molecular complexity index is 994. The van der Waals surface area contributed by atoms with Crippen molar-refractivity contribution >= 4 is 16.8 Å². The summed E-state index contributed by atoms with van der Waals surface area (Å²) in [6.07, 6.45) is 2.67. The smallest absolute Gasteiger partial charge is 0.241 e. The normalized spacial score (nSPS) is 20.9. The van der Waals surface area contributed by atoms with Crippen LogP contribution in [-0.2, 0) is 16.0 Å². The summed E-state index contributed by atoms with van der Waals surface area (Å²) < 4.78 is 19.5. The summed E-state index contributed by atoms with van der Waals surface area (Å²) in [5, 5.41) is 3.96. The fourth-order valence-corrected chi connectivity index (χ4v) is 4.37. The van der Waals surface area contributed by atoms with E-state index in [0.717, 1.165) is 22.0 Å². The Morgan fingerprint density at radius 2 is 1.93 bits per heavy atom. The highest BCUT2D eigenvalue weighted by Gasteiger charge is 2.33. The van der Waals surface area contributed by atoms with Gasteiger partial charge in [-0.25, -0.2) is 4.39 Å². The fourth-order valence-electron chi connectivity index (χ4n) is 4.37. The van der Waals surface area contributed by atoms with Crippen molar-refractivity contribution in [2.75, 3.05) is 19.6 Å². The van der Waals surface area contributed by atoms with Crippen molar-refractivity contribution in [1.82, 2.24) is 15.2 Å². The van der Waals surface area contributed by atoms with Crippen molar-refractivity contribution in [2.45, 2.75) is 38.5 Å². The molecule has 3 aromatic rings. The number of fused-ring (bicyclic) bond motifs is 1. The van der Waals surface area contributed by atoms with Crippen LogP contribution in [0.1, 0.15) is 31.0 Å². The molecular weight excluding hydrogens is 381 g/mol. The fraction of sp³-hybridized carbons (Fsp3) is 0.375. The lowest BCUT2D eigenvalue weighted by molar-refractivity contribution is -0.133. The van der Waals surface area contributed by atoms with Crippen LogP contribution in [0.4, 0.5) is 4.39 Å². The van der Waals surface area contributed by atoms with Crippen molar-refractivity contribution in [1.29, 1.82) is 0 Å². The molecule has 1 fully saturated rings. The molecule has 2 heterocycles. The second-order valence-electron chi connectivity index (χ2n) is 8.07. The molecule has 3 unspecified atom stereocenters. The highest BCUT2D eigenvalue weighted by atomic mass is 19.1. The Morgan fingerprint density at radius 3 is 2.67 bits per heavy atom. The van der Waals surface area contributed by atoms with Gasteiger partial charge in [-0.3, -0.25) is 9.69 Å². The van der Waals surface area contributed by atoms with Gasteiger partial charge in [-0.05, 0) is 49.6 Å². The molecule has 6 heteroatoms. The summed E-state index contributed by atoms with van der Waals surface area (Å²) in [6.45, 7) is 5.98. The number of aromatic nitrogens is 1. The first-order chi connectivity index (χ1) is 14.5. The lowest BCUT2D eigenvalue weighted by atomic mass is 10.0. The number of nitrogens with zero attached hydrogens (tertiary/aromatic N) is 1. The van der Waals surface area contributed by atoms with Gasteiger partial charge < -0.3 is 15.0 Å². The minimum absolute atomic E-state index is 0.0199. The SMILES string of the molecule is CC1CN(C(C(=O)NCCc2c[nH]c3ccc(F)cc23)c2ccccc2)CC(C)O1. The number of nitrogens with one attached hydrogen (secondary N) is 2. The maximum absolute atomic E-state index is 13.6. The Labute approximate surface area is 176 Å². The molecule has 4 rings (SSSR count). The van der Waals surface area contributed by atoms with E-state index in [0.29, 0.717) is 26.1 Å². The van der Waals surface area contributed by atoms with Crippen LogP contribution in [0.25, 0.3) is 10.9 Å². The molecule has 5 nitrogen and oxygen atoms in total. The molecule has 1 aliphatic heterocycles. The van der Waals surface area contributed by atoms with E-state index in [1.807, 2.05) is 50.4 Å². The van der Waals surface area contributed by atoms with Gasteiger partial charge >= 0.3 is 0 Å². The molecule has 1 saturated heterocycles. The molecule has 2 aromatic carbocycles. The summed E-state index contributed by atoms with van der Waals surface area (Å²) in [5.41, 5.74) is 2.87. The van der Waals surface area contributed by atoms with Crippen LogP contribution >= 0.6 is 0 Å². The van der Waals surface area contributed by atoms with Crippen LogP contribution in [0, 0.1) is 5.82 Å². The predicted molar refractivity (Wildman–Crippen MR) is 116 cm³/mol. The van der Waals surface area contributed by atoms with Gasteiger partial charge in [-0.15, -0.1) is 0 Å². The first-order valence-electron chi connectivity index (χ1n) is 10.5. The number of morpholine rings is 1. The molecule has 0 radical (unpaired) electrons. The van der Waals surface area contributed by atoms with E-state index in [-0.39, 0.29) is 30.0 Å². The average Bonchev–Trinajstić information content (AvgIpc) is 3.10. The topological polar surface area (TPSA) is 57.4 Å². The van der Waals surface area contributed by atoms with Gasteiger partial charge in [-0.2, -0.15) is 0 Å². The Kier molecular flexibility index (Phi) is 6.16. The predicted octanol–water partition coefficient (Wildman–Crippen LogP) is 3.82. The molecule has 2 N–H and O–H groups in total. The van der Waals surface area contributed by atoms with Crippen LogP contribution in [-0.4, -0.2) is 47.6 Å². The van der Waals surface area contributed by atoms with Gasteiger partial charge in [0.2, 0.25) is 5.91 Å². The molecule has 158 valence electrons. The Morgan fingerprint density at radius 1 is 1.20 bits per heavy atom. The number of ether oxygens (including phenoxy) is 1. The van der Waals surface area contributed by atoms with E-state index in [2.05, 4.69) is 15.2 Å². The molecule has 0 aliphatic carbocycles. The molecule has 30 heavy (non-hydrogen) atoms. The molecule has 0 saturated carbocycles. The number of carbonyl (C=O) groups is 1. The summed E-state index contributed by atoms with van der Waals surface area (Å²) in [6, 6.07) is 14.2. The second-order valence-corrected chi connectivity index (χ2v) is 8.07. The number of halogens is 1. The zero-order valence-electron chi connectivity index (χ0n) is 17.4. The number of H-pyrrole nitrogens is 1. The Hall–Kier alpha value is -2.70. The number of hydrogen-bond donors (Lipinski definition) is 2. The van der Waals surface area contributed by atoms with Gasteiger partial charge in [0.05, 0.1) is 12.2 Å². The number of benzene rings is 2. The average molecular weight is 410 g/mol. The van der Waals surface area contributed by atoms with E-state index < -0.39 is 0 Å². The molecule has 1 amide bonds. The van der Waals surface area contributed by atoms with Gasteiger partial charge in [0.15, 0.2) is 0 Å². The van der Waals surface area contributed by atoms with E-state index in [4.69, 9.17) is 4.74 Å². The zero-order valence-corrected chi connectivity index (χ0v) is 17.4. The van der Waals surface area contributed by atoms with Crippen molar-refractivity contribution in [3.63, 3.8) is 0 Å². The van der Waals surface area contributed by atoms with Crippen molar-refractivity contribution < 1.29 is 13.9 Å². The molecule has 1 aromatic heterocycles. The van der Waals surface area contributed by atoms with Gasteiger partial charge in [0.25, 0.3) is 0 Å². The van der Waals surface area contributed by atoms with E-state index in [1.165, 1.54) is 12.1 Å². The third-order valence-electron chi connectivity index (χ3n) is 5.60. The van der Waals surface area contributed by atoms with Crippen LogP contribution < -0.4 is 5.32 Å². The van der Waals surface area contributed by atoms with Gasteiger partial charge in [-0.1, -0.05) is 30.3 Å². The number of amides is 1.